The van der Waals surface area contributed by atoms with Gasteiger partial charge in [0.1, 0.15) is 5.65 Å². The fourth-order valence-electron chi connectivity index (χ4n) is 11.2. The van der Waals surface area contributed by atoms with Crippen molar-refractivity contribution in [2.45, 2.75) is 0 Å². The zero-order valence-electron chi connectivity index (χ0n) is 31.6. The van der Waals surface area contributed by atoms with Crippen LogP contribution in [0, 0.1) is 0 Å². The predicted molar refractivity (Wildman–Crippen MR) is 248 cm³/mol. The van der Waals surface area contributed by atoms with Gasteiger partial charge in [-0.3, -0.25) is 4.40 Å². The Bertz CT molecular complexity index is 4300. The fraction of sp³-hybridized carbons (Fsp3) is 0. The van der Waals surface area contributed by atoms with Gasteiger partial charge in [0.2, 0.25) is 0 Å². The fourth-order valence-corrected chi connectivity index (χ4v) is 11.2. The summed E-state index contributed by atoms with van der Waals surface area (Å²) in [6.45, 7) is 0. The normalized spacial score (nSPS) is 12.7. The number of fused-ring (bicyclic) bond motifs is 20. The van der Waals surface area contributed by atoms with Crippen LogP contribution in [-0.4, -0.2) is 18.4 Å². The highest BCUT2D eigenvalue weighted by atomic mass is 15.0. The molecule has 0 unspecified atom stereocenters. The average Bonchev–Trinajstić information content (AvgIpc) is 4.08. The largest absolute Gasteiger partial charge is 0.309 e. The van der Waals surface area contributed by atoms with E-state index in [1.807, 2.05) is 0 Å². The lowest BCUT2D eigenvalue weighted by atomic mass is 9.96. The maximum Gasteiger partial charge on any atom is 0.146 e. The van der Waals surface area contributed by atoms with E-state index in [4.69, 9.17) is 4.98 Å². The van der Waals surface area contributed by atoms with E-state index >= 15 is 0 Å². The molecule has 9 aromatic carbocycles. The van der Waals surface area contributed by atoms with Gasteiger partial charge < -0.3 is 8.97 Å². The van der Waals surface area contributed by atoms with Gasteiger partial charge in [0.25, 0.3) is 0 Å². The zero-order valence-corrected chi connectivity index (χ0v) is 31.6. The molecule has 4 nitrogen and oxygen atoms in total. The van der Waals surface area contributed by atoms with Crippen LogP contribution in [0.2, 0.25) is 0 Å². The monoisotopic (exact) mass is 746 g/mol. The Hall–Kier alpha value is -7.95. The minimum absolute atomic E-state index is 1.01. The molecule has 0 N–H and O–H groups in total. The molecular formula is C55H30N4. The van der Waals surface area contributed by atoms with Crippen LogP contribution in [0.5, 0.6) is 0 Å². The Morgan fingerprint density at radius 1 is 0.339 bits per heavy atom. The number of para-hydroxylation sites is 4. The predicted octanol–water partition coefficient (Wildman–Crippen LogP) is 14.5. The van der Waals surface area contributed by atoms with Gasteiger partial charge in [0.15, 0.2) is 0 Å². The highest BCUT2D eigenvalue weighted by molar-refractivity contribution is 6.41. The molecule has 270 valence electrons. The van der Waals surface area contributed by atoms with Crippen molar-refractivity contribution in [3.63, 3.8) is 0 Å². The lowest BCUT2D eigenvalue weighted by Gasteiger charge is -2.09. The molecule has 0 radical (unpaired) electrons. The first-order chi connectivity index (χ1) is 29.3. The molecule has 0 fully saturated rings. The second-order valence-electron chi connectivity index (χ2n) is 16.3. The van der Waals surface area contributed by atoms with Gasteiger partial charge in [-0.1, -0.05) is 127 Å². The Morgan fingerprint density at radius 2 is 0.966 bits per heavy atom. The number of pyridine rings is 1. The summed E-state index contributed by atoms with van der Waals surface area (Å²) in [6.07, 6.45) is 2.15. The third-order valence-electron chi connectivity index (χ3n) is 13.5. The molecule has 0 spiro atoms. The number of aromatic nitrogens is 4. The van der Waals surface area contributed by atoms with Crippen molar-refractivity contribution in [3.8, 4) is 16.8 Å². The molecule has 0 aliphatic rings. The number of benzene rings is 9. The van der Waals surface area contributed by atoms with Crippen molar-refractivity contribution in [2.75, 3.05) is 0 Å². The van der Waals surface area contributed by atoms with Gasteiger partial charge in [-0.25, -0.2) is 4.98 Å². The number of hydrogen-bond acceptors (Lipinski definition) is 1. The highest BCUT2D eigenvalue weighted by Crippen LogP contribution is 2.50. The maximum atomic E-state index is 5.47. The van der Waals surface area contributed by atoms with E-state index in [1.54, 1.807) is 0 Å². The quantitative estimate of drug-likeness (QED) is 0.173. The molecule has 6 heterocycles. The molecule has 0 aliphatic carbocycles. The number of nitrogens with zero attached hydrogens (tertiary/aromatic N) is 4. The first kappa shape index (κ1) is 30.2. The van der Waals surface area contributed by atoms with E-state index in [0.29, 0.717) is 0 Å². The van der Waals surface area contributed by atoms with Crippen molar-refractivity contribution >= 4 is 120 Å². The van der Waals surface area contributed by atoms with Crippen LogP contribution in [0.4, 0.5) is 0 Å². The van der Waals surface area contributed by atoms with Crippen LogP contribution >= 0.6 is 0 Å². The van der Waals surface area contributed by atoms with Crippen LogP contribution in [0.25, 0.3) is 136 Å². The molecule has 0 aliphatic heterocycles. The summed E-state index contributed by atoms with van der Waals surface area (Å²) >= 11 is 0. The van der Waals surface area contributed by atoms with Crippen LogP contribution < -0.4 is 0 Å². The van der Waals surface area contributed by atoms with Crippen molar-refractivity contribution < 1.29 is 0 Å². The maximum absolute atomic E-state index is 5.47. The Morgan fingerprint density at radius 3 is 1.78 bits per heavy atom. The van der Waals surface area contributed by atoms with Crippen LogP contribution in [0.15, 0.2) is 182 Å². The van der Waals surface area contributed by atoms with E-state index in [-0.39, 0.29) is 0 Å². The Labute approximate surface area is 335 Å². The second kappa shape index (κ2) is 10.5. The van der Waals surface area contributed by atoms with E-state index in [9.17, 15) is 0 Å². The van der Waals surface area contributed by atoms with Crippen molar-refractivity contribution in [3.05, 3.63) is 182 Å². The molecule has 0 atom stereocenters. The van der Waals surface area contributed by atoms with Gasteiger partial charge in [-0.2, -0.15) is 0 Å². The Kier molecular flexibility index (Phi) is 5.38. The highest BCUT2D eigenvalue weighted by Gasteiger charge is 2.28. The summed E-state index contributed by atoms with van der Waals surface area (Å²) in [5.41, 5.74) is 13.1. The van der Waals surface area contributed by atoms with Gasteiger partial charge >= 0.3 is 0 Å². The molecule has 0 saturated carbocycles. The number of rotatable bonds is 2. The first-order valence-corrected chi connectivity index (χ1v) is 20.4. The molecule has 59 heavy (non-hydrogen) atoms. The lowest BCUT2D eigenvalue weighted by molar-refractivity contribution is 1.18. The minimum atomic E-state index is 1.01. The molecule has 15 aromatic rings. The molecule has 0 amide bonds. The Balaban J connectivity index is 1.14. The average molecular weight is 747 g/mol. The first-order valence-electron chi connectivity index (χ1n) is 20.4. The van der Waals surface area contributed by atoms with Crippen molar-refractivity contribution in [1.82, 2.24) is 18.4 Å². The van der Waals surface area contributed by atoms with Gasteiger partial charge in [-0.05, 0) is 75.6 Å². The lowest BCUT2D eigenvalue weighted by Crippen LogP contribution is -1.93. The van der Waals surface area contributed by atoms with E-state index in [2.05, 4.69) is 195 Å². The van der Waals surface area contributed by atoms with Crippen LogP contribution in [-0.2, 0) is 0 Å². The third kappa shape index (κ3) is 3.56. The van der Waals surface area contributed by atoms with Gasteiger partial charge in [0.05, 0.1) is 44.8 Å². The summed E-state index contributed by atoms with van der Waals surface area (Å²) in [4.78, 5) is 5.47. The topological polar surface area (TPSA) is 26.6 Å². The summed E-state index contributed by atoms with van der Waals surface area (Å²) in [5.74, 6) is 0. The standard InChI is InChI=1S/C55H30N4/c1-2-15-34(16-3-1)57-44-23-10-8-19-38(44)41-27-33(25-26-46(41)57)37-21-12-22-40-48-35-17-6-4-14-32(35)29-43-49-47(58(52(37)40)54(43)48)30-56-55-51(49)50-36-18-7-5-13-31(36)28-42-39-20-9-11-24-45(39)59(55)53(42)50/h1-30H. The minimum Gasteiger partial charge on any atom is -0.309 e. The number of hydrogen-bond donors (Lipinski definition) is 0. The van der Waals surface area contributed by atoms with E-state index < -0.39 is 0 Å². The molecule has 6 aromatic heterocycles. The van der Waals surface area contributed by atoms with Crippen LogP contribution in [0.1, 0.15) is 0 Å². The van der Waals surface area contributed by atoms with Crippen molar-refractivity contribution in [1.29, 1.82) is 0 Å². The van der Waals surface area contributed by atoms with Gasteiger partial charge in [0, 0.05) is 65.1 Å². The SMILES string of the molecule is c1ccc(-n2c3ccccc3c3cc(-c4cccc5c6c7ccccc7cc7c8c9c%10c%11ccccc%11cc%11c%12ccccc%12n(c9ncc8n(c45)c76)c%11%10)ccc32)cc1. The summed E-state index contributed by atoms with van der Waals surface area (Å²) in [7, 11) is 0. The molecule has 0 saturated heterocycles. The molecule has 0 bridgehead atoms. The summed E-state index contributed by atoms with van der Waals surface area (Å²) in [5, 5.41) is 17.7. The second-order valence-corrected chi connectivity index (χ2v) is 16.3. The zero-order chi connectivity index (χ0) is 38.1. The van der Waals surface area contributed by atoms with Gasteiger partial charge in [-0.15, -0.1) is 0 Å². The third-order valence-corrected chi connectivity index (χ3v) is 13.5. The summed E-state index contributed by atoms with van der Waals surface area (Å²) in [6, 6.07) is 64.9. The summed E-state index contributed by atoms with van der Waals surface area (Å²) < 4.78 is 7.37. The van der Waals surface area contributed by atoms with Crippen molar-refractivity contribution in [2.24, 2.45) is 0 Å². The van der Waals surface area contributed by atoms with E-state index in [0.717, 1.165) is 11.2 Å². The molecule has 15 rings (SSSR count). The smallest absolute Gasteiger partial charge is 0.146 e. The van der Waals surface area contributed by atoms with E-state index in [1.165, 1.54) is 125 Å². The molecular weight excluding hydrogens is 717 g/mol. The van der Waals surface area contributed by atoms with Crippen LogP contribution in [0.3, 0.4) is 0 Å². The molecule has 4 heteroatoms.